The fraction of sp³-hybridized carbons (Fsp3) is 0.478. The minimum Gasteiger partial charge on any atom is -0.385 e. The molecule has 4 nitrogen and oxygen atoms in total. The maximum absolute atomic E-state index is 13.4. The van der Waals surface area contributed by atoms with E-state index in [1.807, 2.05) is 42.5 Å². The molecule has 5 heteroatoms. The molecule has 150 valence electrons. The Morgan fingerprint density at radius 3 is 1.96 bits per heavy atom. The molecule has 0 radical (unpaired) electrons. The third kappa shape index (κ3) is 3.30. The van der Waals surface area contributed by atoms with Crippen LogP contribution in [0.15, 0.2) is 59.5 Å². The summed E-state index contributed by atoms with van der Waals surface area (Å²) >= 11 is 0. The van der Waals surface area contributed by atoms with Crippen molar-refractivity contribution in [1.82, 2.24) is 4.31 Å². The number of hydrogen-bond donors (Lipinski definition) is 1. The fourth-order valence-electron chi connectivity index (χ4n) is 4.81. The molecule has 2 fully saturated rings. The van der Waals surface area contributed by atoms with Crippen LogP contribution in [0.2, 0.25) is 0 Å². The molecule has 0 aliphatic carbocycles. The molecular weight excluding hydrogens is 370 g/mol. The predicted octanol–water partition coefficient (Wildman–Crippen LogP) is 4.19. The van der Waals surface area contributed by atoms with Crippen molar-refractivity contribution in [3.8, 4) is 0 Å². The quantitative estimate of drug-likeness (QED) is 0.842. The second-order valence-electron chi connectivity index (χ2n) is 9.30. The lowest BCUT2D eigenvalue weighted by atomic mass is 9.81. The van der Waals surface area contributed by atoms with Crippen molar-refractivity contribution in [2.45, 2.75) is 74.4 Å². The molecule has 2 saturated heterocycles. The summed E-state index contributed by atoms with van der Waals surface area (Å²) in [4.78, 5) is 0.350. The van der Waals surface area contributed by atoms with Crippen LogP contribution in [0.1, 0.15) is 57.6 Å². The molecule has 0 spiro atoms. The first-order valence-electron chi connectivity index (χ1n) is 10.0. The molecule has 2 aliphatic rings. The zero-order chi connectivity index (χ0) is 20.2. The molecule has 2 aromatic carbocycles. The van der Waals surface area contributed by atoms with Gasteiger partial charge in [-0.15, -0.1) is 0 Å². The Labute approximate surface area is 168 Å². The highest BCUT2D eigenvalue weighted by molar-refractivity contribution is 7.89. The van der Waals surface area contributed by atoms with Crippen molar-refractivity contribution in [3.63, 3.8) is 0 Å². The summed E-state index contributed by atoms with van der Waals surface area (Å²) in [6.45, 7) is 6.35. The minimum absolute atomic E-state index is 0.0153. The first-order valence-corrected chi connectivity index (χ1v) is 11.5. The van der Waals surface area contributed by atoms with Gasteiger partial charge < -0.3 is 5.11 Å². The van der Waals surface area contributed by atoms with Gasteiger partial charge in [-0.05, 0) is 54.4 Å². The summed E-state index contributed by atoms with van der Waals surface area (Å²) in [5.41, 5.74) is 1.04. The second kappa shape index (κ2) is 6.68. The van der Waals surface area contributed by atoms with Crippen LogP contribution in [0.25, 0.3) is 0 Å². The van der Waals surface area contributed by atoms with Crippen molar-refractivity contribution >= 4 is 10.0 Å². The molecule has 4 rings (SSSR count). The molecule has 0 aromatic heterocycles. The highest BCUT2D eigenvalue weighted by atomic mass is 32.2. The van der Waals surface area contributed by atoms with Gasteiger partial charge in [-0.1, -0.05) is 63.2 Å². The van der Waals surface area contributed by atoms with E-state index in [9.17, 15) is 13.5 Å². The predicted molar refractivity (Wildman–Crippen MR) is 111 cm³/mol. The van der Waals surface area contributed by atoms with Gasteiger partial charge in [-0.25, -0.2) is 8.42 Å². The fourth-order valence-corrected chi connectivity index (χ4v) is 6.68. The number of benzene rings is 2. The van der Waals surface area contributed by atoms with E-state index in [1.165, 1.54) is 0 Å². The monoisotopic (exact) mass is 399 g/mol. The van der Waals surface area contributed by atoms with Crippen LogP contribution in [0, 0.1) is 0 Å². The van der Waals surface area contributed by atoms with Crippen LogP contribution in [-0.4, -0.2) is 29.9 Å². The minimum atomic E-state index is -3.57. The van der Waals surface area contributed by atoms with E-state index in [0.717, 1.165) is 24.0 Å². The van der Waals surface area contributed by atoms with Gasteiger partial charge in [0.05, 0.1) is 10.5 Å². The largest absolute Gasteiger partial charge is 0.385 e. The zero-order valence-electron chi connectivity index (χ0n) is 16.8. The molecule has 1 N–H and O–H groups in total. The van der Waals surface area contributed by atoms with Gasteiger partial charge in [0, 0.05) is 12.1 Å². The molecule has 2 aliphatic heterocycles. The Hall–Kier alpha value is -1.69. The summed E-state index contributed by atoms with van der Waals surface area (Å²) < 4.78 is 28.5. The van der Waals surface area contributed by atoms with E-state index in [1.54, 1.807) is 16.4 Å². The number of piperidine rings is 1. The smallest absolute Gasteiger partial charge is 0.243 e. The van der Waals surface area contributed by atoms with Crippen molar-refractivity contribution in [2.75, 3.05) is 0 Å². The average molecular weight is 400 g/mol. The Kier molecular flexibility index (Phi) is 4.68. The van der Waals surface area contributed by atoms with Gasteiger partial charge in [0.2, 0.25) is 10.0 Å². The summed E-state index contributed by atoms with van der Waals surface area (Å²) in [6, 6.07) is 16.6. The highest BCUT2D eigenvalue weighted by Crippen LogP contribution is 2.47. The van der Waals surface area contributed by atoms with Crippen molar-refractivity contribution < 1.29 is 13.5 Å². The van der Waals surface area contributed by atoms with E-state index < -0.39 is 15.6 Å². The highest BCUT2D eigenvalue weighted by Gasteiger charge is 2.52. The molecule has 0 amide bonds. The molecule has 0 saturated carbocycles. The van der Waals surface area contributed by atoms with E-state index in [0.29, 0.717) is 17.7 Å². The van der Waals surface area contributed by atoms with E-state index >= 15 is 0 Å². The zero-order valence-corrected chi connectivity index (χ0v) is 17.6. The number of rotatable bonds is 3. The van der Waals surface area contributed by atoms with E-state index in [2.05, 4.69) is 20.8 Å². The SMILES string of the molecule is CC(C)(C)c1ccc(S(=O)(=O)N2C3CCC2CC(O)(c2ccccc2)C3)cc1. The Balaban J connectivity index is 1.62. The first kappa shape index (κ1) is 19.6. The van der Waals surface area contributed by atoms with Gasteiger partial charge in [0.15, 0.2) is 0 Å². The Bertz CT molecular complexity index is 932. The molecule has 2 aromatic rings. The number of aliphatic hydroxyl groups is 1. The standard InChI is InChI=1S/C23H29NO3S/c1-22(2,3)17-9-13-21(14-10-17)28(26,27)24-19-11-12-20(24)16-23(25,15-19)18-7-5-4-6-8-18/h4-10,13-14,19-20,25H,11-12,15-16H2,1-3H3. The lowest BCUT2D eigenvalue weighted by Crippen LogP contribution is -2.51. The van der Waals surface area contributed by atoms with Crippen LogP contribution in [-0.2, 0) is 21.0 Å². The number of sulfonamides is 1. The average Bonchev–Trinajstić information content (AvgIpc) is 2.95. The number of fused-ring (bicyclic) bond motifs is 2. The summed E-state index contributed by atoms with van der Waals surface area (Å²) in [7, 11) is -3.57. The van der Waals surface area contributed by atoms with Crippen LogP contribution in [0.3, 0.4) is 0 Å². The van der Waals surface area contributed by atoms with Crippen LogP contribution < -0.4 is 0 Å². The number of hydrogen-bond acceptors (Lipinski definition) is 3. The first-order chi connectivity index (χ1) is 13.1. The summed E-state index contributed by atoms with van der Waals surface area (Å²) in [5, 5.41) is 11.3. The molecule has 28 heavy (non-hydrogen) atoms. The van der Waals surface area contributed by atoms with E-state index in [-0.39, 0.29) is 17.5 Å². The third-order valence-corrected chi connectivity index (χ3v) is 8.33. The summed E-state index contributed by atoms with van der Waals surface area (Å²) in [5.74, 6) is 0. The third-order valence-electron chi connectivity index (χ3n) is 6.31. The lowest BCUT2D eigenvalue weighted by molar-refractivity contribution is -0.0340. The van der Waals surface area contributed by atoms with Crippen molar-refractivity contribution in [3.05, 3.63) is 65.7 Å². The van der Waals surface area contributed by atoms with Gasteiger partial charge in [0.25, 0.3) is 0 Å². The van der Waals surface area contributed by atoms with Gasteiger partial charge >= 0.3 is 0 Å². The lowest BCUT2D eigenvalue weighted by Gasteiger charge is -2.43. The molecule has 2 atom stereocenters. The van der Waals surface area contributed by atoms with Crippen LogP contribution in [0.4, 0.5) is 0 Å². The molecular formula is C23H29NO3S. The maximum Gasteiger partial charge on any atom is 0.243 e. The Morgan fingerprint density at radius 1 is 0.929 bits per heavy atom. The van der Waals surface area contributed by atoms with Crippen molar-refractivity contribution in [1.29, 1.82) is 0 Å². The van der Waals surface area contributed by atoms with E-state index in [4.69, 9.17) is 0 Å². The molecule has 2 unspecified atom stereocenters. The summed E-state index contributed by atoms with van der Waals surface area (Å²) in [6.07, 6.45) is 2.51. The maximum atomic E-state index is 13.4. The van der Waals surface area contributed by atoms with Gasteiger partial charge in [-0.2, -0.15) is 4.31 Å². The normalized spacial score (nSPS) is 28.4. The van der Waals surface area contributed by atoms with Crippen molar-refractivity contribution in [2.24, 2.45) is 0 Å². The van der Waals surface area contributed by atoms with Crippen LogP contribution >= 0.6 is 0 Å². The van der Waals surface area contributed by atoms with Gasteiger partial charge in [0.1, 0.15) is 0 Å². The Morgan fingerprint density at radius 2 is 1.46 bits per heavy atom. The number of nitrogens with zero attached hydrogens (tertiary/aromatic N) is 1. The van der Waals surface area contributed by atoms with Crippen LogP contribution in [0.5, 0.6) is 0 Å². The molecule has 2 heterocycles. The molecule has 2 bridgehead atoms. The second-order valence-corrected chi connectivity index (χ2v) is 11.1. The van der Waals surface area contributed by atoms with Gasteiger partial charge in [-0.3, -0.25) is 0 Å². The topological polar surface area (TPSA) is 57.6 Å².